The van der Waals surface area contributed by atoms with Gasteiger partial charge in [0.1, 0.15) is 17.3 Å². The van der Waals surface area contributed by atoms with E-state index in [-0.39, 0.29) is 22.5 Å². The number of Topliss-reactive ketones (excluding diaryl/α,β-unsaturated/α-hetero) is 1. The number of alkyl halides is 3. The molecular formula is C25H17F3N2O7. The predicted octanol–water partition coefficient (Wildman–Crippen LogP) is 5.13. The molecular weight excluding hydrogens is 497 g/mol. The summed E-state index contributed by atoms with van der Waals surface area (Å²) in [6.45, 7) is 0. The first kappa shape index (κ1) is 25.2. The van der Waals surface area contributed by atoms with Crippen LogP contribution in [0, 0.1) is 10.1 Å². The van der Waals surface area contributed by atoms with Gasteiger partial charge in [-0.25, -0.2) is 0 Å². The summed E-state index contributed by atoms with van der Waals surface area (Å²) < 4.78 is 47.6. The molecule has 1 unspecified atom stereocenters. The predicted molar refractivity (Wildman–Crippen MR) is 124 cm³/mol. The third-order valence-electron chi connectivity index (χ3n) is 5.51. The maximum Gasteiger partial charge on any atom is 0.573 e. The molecule has 1 fully saturated rings. The average molecular weight is 514 g/mol. The fourth-order valence-electron chi connectivity index (χ4n) is 3.98. The highest BCUT2D eigenvalue weighted by atomic mass is 19.4. The number of amides is 1. The van der Waals surface area contributed by atoms with Gasteiger partial charge in [0.2, 0.25) is 0 Å². The lowest BCUT2D eigenvalue weighted by Crippen LogP contribution is -2.29. The molecule has 0 bridgehead atoms. The van der Waals surface area contributed by atoms with Crippen molar-refractivity contribution < 1.29 is 42.3 Å². The van der Waals surface area contributed by atoms with Gasteiger partial charge in [-0.2, -0.15) is 0 Å². The number of aliphatic hydroxyl groups is 1. The van der Waals surface area contributed by atoms with Crippen LogP contribution in [0.4, 0.5) is 24.5 Å². The number of nitrogens with zero attached hydrogens (tertiary/aromatic N) is 2. The molecule has 1 heterocycles. The number of carbonyl (C=O) groups excluding carboxylic acids is 2. The molecule has 1 saturated heterocycles. The summed E-state index contributed by atoms with van der Waals surface area (Å²) in [7, 11) is 1.39. The number of nitro benzene ring substituents is 1. The molecule has 0 spiro atoms. The SMILES string of the molecule is COc1cccc(C2/C(=C(/O)c3cccc([N+](=O)[O-])c3)C(=O)C(=O)N2c2cccc(OC(F)(F)F)c2)c1. The molecule has 3 aromatic carbocycles. The first-order chi connectivity index (χ1) is 17.5. The highest BCUT2D eigenvalue weighted by Gasteiger charge is 2.47. The van der Waals surface area contributed by atoms with Crippen LogP contribution in [-0.4, -0.2) is 35.2 Å². The topological polar surface area (TPSA) is 119 Å². The van der Waals surface area contributed by atoms with E-state index in [0.29, 0.717) is 5.75 Å². The van der Waals surface area contributed by atoms with Crippen molar-refractivity contribution in [3.63, 3.8) is 0 Å². The van der Waals surface area contributed by atoms with Gasteiger partial charge in [-0.3, -0.25) is 24.6 Å². The Kier molecular flexibility index (Phi) is 6.58. The number of methoxy groups -OCH3 is 1. The zero-order valence-corrected chi connectivity index (χ0v) is 18.9. The summed E-state index contributed by atoms with van der Waals surface area (Å²) in [5, 5.41) is 22.3. The largest absolute Gasteiger partial charge is 0.573 e. The number of hydrogen-bond donors (Lipinski definition) is 1. The normalized spacial score (nSPS) is 17.1. The van der Waals surface area contributed by atoms with Crippen LogP contribution >= 0.6 is 0 Å². The Morgan fingerprint density at radius 3 is 2.35 bits per heavy atom. The molecule has 1 aliphatic rings. The second-order valence-corrected chi connectivity index (χ2v) is 7.80. The van der Waals surface area contributed by atoms with Crippen LogP contribution in [0.5, 0.6) is 11.5 Å². The third-order valence-corrected chi connectivity index (χ3v) is 5.51. The van der Waals surface area contributed by atoms with E-state index in [2.05, 4.69) is 4.74 Å². The van der Waals surface area contributed by atoms with Crippen molar-refractivity contribution in [1.82, 2.24) is 0 Å². The molecule has 9 nitrogen and oxygen atoms in total. The second-order valence-electron chi connectivity index (χ2n) is 7.80. The van der Waals surface area contributed by atoms with Crippen LogP contribution in [0.25, 0.3) is 5.76 Å². The van der Waals surface area contributed by atoms with Gasteiger partial charge in [0.15, 0.2) is 0 Å². The molecule has 1 N–H and O–H groups in total. The van der Waals surface area contributed by atoms with Crippen LogP contribution in [0.3, 0.4) is 0 Å². The molecule has 0 aliphatic carbocycles. The Morgan fingerprint density at radius 1 is 1.00 bits per heavy atom. The van der Waals surface area contributed by atoms with Crippen LogP contribution in [0.2, 0.25) is 0 Å². The van der Waals surface area contributed by atoms with Gasteiger partial charge < -0.3 is 14.6 Å². The molecule has 1 atom stereocenters. The Hall–Kier alpha value is -4.87. The smallest absolute Gasteiger partial charge is 0.507 e. The van der Waals surface area contributed by atoms with Crippen molar-refractivity contribution in [2.24, 2.45) is 0 Å². The summed E-state index contributed by atoms with van der Waals surface area (Å²) in [5.74, 6) is -3.26. The van der Waals surface area contributed by atoms with Crippen molar-refractivity contribution in [2.45, 2.75) is 12.4 Å². The molecule has 3 aromatic rings. The van der Waals surface area contributed by atoms with E-state index in [1.807, 2.05) is 0 Å². The van der Waals surface area contributed by atoms with E-state index < -0.39 is 46.1 Å². The van der Waals surface area contributed by atoms with Gasteiger partial charge in [0.05, 0.1) is 23.6 Å². The Labute approximate surface area is 207 Å². The van der Waals surface area contributed by atoms with Gasteiger partial charge in [0, 0.05) is 29.4 Å². The van der Waals surface area contributed by atoms with Gasteiger partial charge in [0.25, 0.3) is 17.4 Å². The zero-order valence-electron chi connectivity index (χ0n) is 18.9. The number of rotatable bonds is 6. The monoisotopic (exact) mass is 514 g/mol. The van der Waals surface area contributed by atoms with Gasteiger partial charge in [-0.05, 0) is 29.8 Å². The number of carbonyl (C=O) groups is 2. The first-order valence-corrected chi connectivity index (χ1v) is 10.6. The molecule has 190 valence electrons. The van der Waals surface area contributed by atoms with Crippen molar-refractivity contribution in [3.05, 3.63) is 99.6 Å². The number of anilines is 1. The zero-order chi connectivity index (χ0) is 26.9. The number of non-ortho nitro benzene ring substituents is 1. The second kappa shape index (κ2) is 9.64. The number of benzene rings is 3. The van der Waals surface area contributed by atoms with Gasteiger partial charge in [-0.1, -0.05) is 30.3 Å². The van der Waals surface area contributed by atoms with Crippen molar-refractivity contribution in [3.8, 4) is 11.5 Å². The molecule has 1 aliphatic heterocycles. The Morgan fingerprint density at radius 2 is 1.68 bits per heavy atom. The summed E-state index contributed by atoms with van der Waals surface area (Å²) in [6, 6.07) is 14.1. The van der Waals surface area contributed by atoms with E-state index in [1.165, 1.54) is 49.6 Å². The Bertz CT molecular complexity index is 1440. The molecule has 0 radical (unpaired) electrons. The Balaban J connectivity index is 1.93. The lowest BCUT2D eigenvalue weighted by molar-refractivity contribution is -0.384. The minimum atomic E-state index is -5.00. The summed E-state index contributed by atoms with van der Waals surface area (Å²) in [5.41, 5.74) is -0.717. The van der Waals surface area contributed by atoms with Crippen LogP contribution in [0.1, 0.15) is 17.2 Å². The van der Waals surface area contributed by atoms with Crippen LogP contribution in [0.15, 0.2) is 78.4 Å². The number of hydrogen-bond acceptors (Lipinski definition) is 7. The van der Waals surface area contributed by atoms with Crippen molar-refractivity contribution >= 4 is 28.8 Å². The highest BCUT2D eigenvalue weighted by Crippen LogP contribution is 2.44. The number of nitro groups is 1. The number of aliphatic hydroxyl groups excluding tert-OH is 1. The lowest BCUT2D eigenvalue weighted by Gasteiger charge is -2.26. The van der Waals surface area contributed by atoms with Crippen molar-refractivity contribution in [1.29, 1.82) is 0 Å². The highest BCUT2D eigenvalue weighted by molar-refractivity contribution is 6.51. The average Bonchev–Trinajstić information content (AvgIpc) is 3.13. The third kappa shape index (κ3) is 5.08. The number of ether oxygens (including phenoxy) is 2. The maximum absolute atomic E-state index is 13.2. The van der Waals surface area contributed by atoms with Gasteiger partial charge in [-0.15, -0.1) is 13.2 Å². The van der Waals surface area contributed by atoms with E-state index in [0.717, 1.165) is 23.1 Å². The number of ketones is 1. The molecule has 1 amide bonds. The van der Waals surface area contributed by atoms with Crippen molar-refractivity contribution in [2.75, 3.05) is 12.0 Å². The number of halogens is 3. The lowest BCUT2D eigenvalue weighted by atomic mass is 9.95. The quantitative estimate of drug-likeness (QED) is 0.159. The van der Waals surface area contributed by atoms with Gasteiger partial charge >= 0.3 is 6.36 Å². The van der Waals surface area contributed by atoms with Crippen LogP contribution in [-0.2, 0) is 9.59 Å². The van der Waals surface area contributed by atoms with E-state index in [1.54, 1.807) is 12.1 Å². The first-order valence-electron chi connectivity index (χ1n) is 10.6. The fraction of sp³-hybridized carbons (Fsp3) is 0.120. The molecule has 0 saturated carbocycles. The summed E-state index contributed by atoms with van der Waals surface area (Å²) in [4.78, 5) is 37.8. The van der Waals surface area contributed by atoms with E-state index in [9.17, 15) is 38.0 Å². The fourth-order valence-corrected chi connectivity index (χ4v) is 3.98. The standard InChI is InChI=1S/C25H17F3N2O7/c1-36-18-9-3-5-14(12-18)21-20(22(31)15-6-2-8-17(11-15)30(34)35)23(32)24(33)29(21)16-7-4-10-19(13-16)37-25(26,27)28/h2-13,21,31H,1H3/b22-20-. The maximum atomic E-state index is 13.2. The molecule has 37 heavy (non-hydrogen) atoms. The molecule has 0 aromatic heterocycles. The minimum Gasteiger partial charge on any atom is -0.507 e. The summed E-state index contributed by atoms with van der Waals surface area (Å²) in [6.07, 6.45) is -5.00. The minimum absolute atomic E-state index is 0.103. The van der Waals surface area contributed by atoms with Crippen LogP contribution < -0.4 is 14.4 Å². The molecule has 12 heteroatoms. The van der Waals surface area contributed by atoms with E-state index >= 15 is 0 Å². The molecule has 4 rings (SSSR count). The van der Waals surface area contributed by atoms with E-state index in [4.69, 9.17) is 4.74 Å². The summed E-state index contributed by atoms with van der Waals surface area (Å²) >= 11 is 0.